The van der Waals surface area contributed by atoms with Gasteiger partial charge < -0.3 is 14.2 Å². The van der Waals surface area contributed by atoms with Gasteiger partial charge in [0.15, 0.2) is 5.79 Å². The summed E-state index contributed by atoms with van der Waals surface area (Å²) in [6.45, 7) is 7.29. The van der Waals surface area contributed by atoms with Gasteiger partial charge in [0, 0.05) is 6.00 Å². The molecule has 0 bridgehead atoms. The second kappa shape index (κ2) is 4.41. The van der Waals surface area contributed by atoms with Crippen molar-refractivity contribution in [1.29, 1.82) is 0 Å². The van der Waals surface area contributed by atoms with Crippen LogP contribution in [0.4, 0.5) is 0 Å². The highest BCUT2D eigenvalue weighted by Crippen LogP contribution is 2.42. The van der Waals surface area contributed by atoms with Gasteiger partial charge in [-0.3, -0.25) is 0 Å². The highest BCUT2D eigenvalue weighted by Gasteiger charge is 2.52. The van der Waals surface area contributed by atoms with Gasteiger partial charge in [-0.1, -0.05) is 0 Å². The van der Waals surface area contributed by atoms with Gasteiger partial charge in [0.1, 0.15) is 20.1 Å². The van der Waals surface area contributed by atoms with Crippen LogP contribution in [-0.2, 0) is 14.2 Å². The molecule has 3 nitrogen and oxygen atoms in total. The van der Waals surface area contributed by atoms with Crippen molar-refractivity contribution in [3.63, 3.8) is 0 Å². The van der Waals surface area contributed by atoms with Crippen LogP contribution in [0, 0.1) is 0 Å². The van der Waals surface area contributed by atoms with Crippen molar-refractivity contribution in [2.75, 3.05) is 19.5 Å². The third-order valence-corrected chi connectivity index (χ3v) is 4.67. The molecule has 96 valence electrons. The molecule has 2 aliphatic heterocycles. The van der Waals surface area contributed by atoms with E-state index < -0.39 is 12.7 Å². The van der Waals surface area contributed by atoms with Gasteiger partial charge in [0.05, 0.1) is 6.10 Å². The van der Waals surface area contributed by atoms with Crippen LogP contribution in [0.1, 0.15) is 20.3 Å². The number of hydrogen-bond donors (Lipinski definition) is 0. The van der Waals surface area contributed by atoms with E-state index in [4.69, 9.17) is 22.1 Å². The number of ether oxygens (including phenoxy) is 3. The van der Waals surface area contributed by atoms with E-state index >= 15 is 0 Å². The van der Waals surface area contributed by atoms with E-state index in [0.29, 0.717) is 0 Å². The van der Waals surface area contributed by atoms with Crippen molar-refractivity contribution >= 4 is 21.0 Å². The van der Waals surface area contributed by atoms with Crippen LogP contribution in [0.15, 0.2) is 0 Å². The highest BCUT2D eigenvalue weighted by atomic mass is 31.2. The molecule has 2 heterocycles. The Balaban J connectivity index is 1.99. The van der Waals surface area contributed by atoms with Crippen LogP contribution in [0.2, 0.25) is 0 Å². The molecular formula is C12H22BO3P. The minimum atomic E-state index is -1.02. The average Bonchev–Trinajstić information content (AvgIpc) is 2.58. The molecule has 0 aromatic carbocycles. The third kappa shape index (κ3) is 3.17. The minimum absolute atomic E-state index is 0.0217. The molecule has 0 saturated carbocycles. The predicted molar refractivity (Wildman–Crippen MR) is 73.6 cm³/mol. The van der Waals surface area contributed by atoms with Crippen molar-refractivity contribution < 1.29 is 14.2 Å². The van der Waals surface area contributed by atoms with E-state index in [9.17, 15) is 0 Å². The summed E-state index contributed by atoms with van der Waals surface area (Å²) in [4.78, 5) is 0. The molecule has 2 radical (unpaired) electrons. The molecule has 2 rings (SSSR count). The zero-order valence-electron chi connectivity index (χ0n) is 11.2. The predicted octanol–water partition coefficient (Wildman–Crippen LogP) is 1.50. The Bertz CT molecular complexity index is 339. The lowest BCUT2D eigenvalue weighted by Gasteiger charge is -2.24. The van der Waals surface area contributed by atoms with Gasteiger partial charge in [0.2, 0.25) is 0 Å². The molecule has 0 amide bonds. The van der Waals surface area contributed by atoms with E-state index in [1.165, 1.54) is 0 Å². The Labute approximate surface area is 106 Å². The van der Waals surface area contributed by atoms with Gasteiger partial charge in [-0.25, -0.2) is 0 Å². The minimum Gasteiger partial charge on any atom is -0.379 e. The zero-order chi connectivity index (χ0) is 12.8. The Morgan fingerprint density at radius 1 is 1.24 bits per heavy atom. The third-order valence-electron chi connectivity index (χ3n) is 3.20. The Morgan fingerprint density at radius 2 is 1.82 bits per heavy atom. The number of hydrogen-bond acceptors (Lipinski definition) is 3. The van der Waals surface area contributed by atoms with Crippen LogP contribution in [0.3, 0.4) is 0 Å². The van der Waals surface area contributed by atoms with E-state index in [2.05, 4.69) is 19.6 Å². The SMILES string of the molecule is [B]C1OC(CCP(=C)(C)C)C2OC(C)(C)OC12. The maximum Gasteiger partial charge on any atom is 0.163 e. The summed E-state index contributed by atoms with van der Waals surface area (Å²) in [5.41, 5.74) is 0. The maximum atomic E-state index is 5.94. The Hall–Kier alpha value is 0.245. The van der Waals surface area contributed by atoms with Gasteiger partial charge in [0.25, 0.3) is 0 Å². The van der Waals surface area contributed by atoms with Crippen molar-refractivity contribution in [1.82, 2.24) is 0 Å². The van der Waals surface area contributed by atoms with E-state index in [-0.39, 0.29) is 24.3 Å². The molecule has 17 heavy (non-hydrogen) atoms. The molecule has 0 N–H and O–H groups in total. The summed E-state index contributed by atoms with van der Waals surface area (Å²) in [7, 11) is 5.94. The lowest BCUT2D eigenvalue weighted by atomic mass is 9.93. The quantitative estimate of drug-likeness (QED) is 0.565. The average molecular weight is 256 g/mol. The van der Waals surface area contributed by atoms with E-state index in [0.717, 1.165) is 12.6 Å². The normalized spacial score (nSPS) is 40.5. The van der Waals surface area contributed by atoms with E-state index in [1.54, 1.807) is 0 Å². The fourth-order valence-electron chi connectivity index (χ4n) is 2.42. The van der Waals surface area contributed by atoms with Crippen molar-refractivity contribution in [2.45, 2.75) is 50.4 Å². The molecule has 0 aliphatic carbocycles. The molecule has 4 atom stereocenters. The van der Waals surface area contributed by atoms with E-state index in [1.807, 2.05) is 13.8 Å². The van der Waals surface area contributed by atoms with Crippen molar-refractivity contribution in [2.24, 2.45) is 0 Å². The van der Waals surface area contributed by atoms with Crippen LogP contribution in [0.5, 0.6) is 0 Å². The Kier molecular flexibility index (Phi) is 3.55. The van der Waals surface area contributed by atoms with Crippen molar-refractivity contribution in [3.8, 4) is 0 Å². The molecule has 2 aliphatic rings. The Morgan fingerprint density at radius 3 is 2.41 bits per heavy atom. The molecule has 5 heteroatoms. The standard InChI is InChI=1S/C12H22BO3P/c1-12(2)15-9-8(6-7-17(3,4)5)14-11(13)10(9)16-12/h8-11H,3,6-7H2,1-2,4-5H3. The smallest absolute Gasteiger partial charge is 0.163 e. The van der Waals surface area contributed by atoms with Crippen molar-refractivity contribution in [3.05, 3.63) is 0 Å². The first-order chi connectivity index (χ1) is 7.68. The van der Waals surface area contributed by atoms with Crippen LogP contribution < -0.4 is 0 Å². The molecule has 0 spiro atoms. The maximum absolute atomic E-state index is 5.94. The largest absolute Gasteiger partial charge is 0.379 e. The van der Waals surface area contributed by atoms with Gasteiger partial charge >= 0.3 is 0 Å². The summed E-state index contributed by atoms with van der Waals surface area (Å²) in [5, 5.41) is 0. The number of fused-ring (bicyclic) bond motifs is 1. The van der Waals surface area contributed by atoms with Crippen LogP contribution >= 0.6 is 6.89 Å². The molecule has 4 unspecified atom stereocenters. The summed E-state index contributed by atoms with van der Waals surface area (Å²) in [6.07, 6.45) is 6.18. The van der Waals surface area contributed by atoms with Crippen LogP contribution in [0.25, 0.3) is 0 Å². The second-order valence-corrected chi connectivity index (χ2v) is 10.5. The first kappa shape index (κ1) is 13.7. The fourth-order valence-corrected chi connectivity index (χ4v) is 3.38. The summed E-state index contributed by atoms with van der Waals surface area (Å²) >= 11 is 0. The molecule has 0 aromatic rings. The highest BCUT2D eigenvalue weighted by molar-refractivity contribution is 7.72. The topological polar surface area (TPSA) is 27.7 Å². The summed E-state index contributed by atoms with van der Waals surface area (Å²) in [6, 6.07) is -0.363. The summed E-state index contributed by atoms with van der Waals surface area (Å²) in [5.74, 6) is -0.538. The van der Waals surface area contributed by atoms with Gasteiger partial charge in [-0.15, -0.1) is 13.2 Å². The monoisotopic (exact) mass is 256 g/mol. The zero-order valence-corrected chi connectivity index (χ0v) is 12.1. The first-order valence-corrected chi connectivity index (χ1v) is 9.17. The molecule has 2 fully saturated rings. The van der Waals surface area contributed by atoms with Gasteiger partial charge in [-0.2, -0.15) is 0 Å². The fraction of sp³-hybridized carbons (Fsp3) is 0.917. The van der Waals surface area contributed by atoms with Gasteiger partial charge in [-0.05, 0) is 39.8 Å². The first-order valence-electron chi connectivity index (χ1n) is 6.12. The summed E-state index contributed by atoms with van der Waals surface area (Å²) < 4.78 is 17.4. The van der Waals surface area contributed by atoms with Crippen LogP contribution in [-0.4, -0.2) is 63.7 Å². The number of rotatable bonds is 3. The molecule has 0 aromatic heterocycles. The molecule has 2 saturated heterocycles. The molecular weight excluding hydrogens is 234 g/mol. The lowest BCUT2D eigenvalue weighted by Crippen LogP contribution is -2.30. The second-order valence-electron chi connectivity index (χ2n) is 6.15. The lowest BCUT2D eigenvalue weighted by molar-refractivity contribution is -0.179.